The molecule has 0 atom stereocenters. The van der Waals surface area contributed by atoms with Gasteiger partial charge in [-0.15, -0.1) is 11.3 Å². The Hall–Kier alpha value is -1.62. The van der Waals surface area contributed by atoms with Crippen molar-refractivity contribution in [3.05, 3.63) is 40.1 Å². The third kappa shape index (κ3) is 3.67. The van der Waals surface area contributed by atoms with Crippen LogP contribution in [-0.4, -0.2) is 11.6 Å². The van der Waals surface area contributed by atoms with Crippen LogP contribution in [0.5, 0.6) is 5.75 Å². The van der Waals surface area contributed by atoms with Crippen LogP contribution in [0.1, 0.15) is 23.7 Å². The molecule has 0 aliphatic rings. The van der Waals surface area contributed by atoms with E-state index in [9.17, 15) is 4.39 Å². The molecule has 1 aromatic carbocycles. The van der Waals surface area contributed by atoms with E-state index in [1.54, 1.807) is 17.4 Å². The lowest BCUT2D eigenvalue weighted by Gasteiger charge is -2.08. The largest absolute Gasteiger partial charge is 0.491 e. The van der Waals surface area contributed by atoms with Gasteiger partial charge in [0, 0.05) is 22.8 Å². The second kappa shape index (κ2) is 6.52. The van der Waals surface area contributed by atoms with E-state index in [2.05, 4.69) is 17.2 Å². The molecule has 3 nitrogen and oxygen atoms in total. The summed E-state index contributed by atoms with van der Waals surface area (Å²) in [6.07, 6.45) is 2.81. The highest BCUT2D eigenvalue weighted by Gasteiger charge is 2.05. The maximum Gasteiger partial charge on any atom is 0.167 e. The number of nitrogens with one attached hydrogen (secondary N) is 1. The number of thiazole rings is 1. The van der Waals surface area contributed by atoms with Gasteiger partial charge >= 0.3 is 0 Å². The van der Waals surface area contributed by atoms with Crippen LogP contribution in [0.15, 0.2) is 24.4 Å². The first kappa shape index (κ1) is 13.8. The summed E-state index contributed by atoms with van der Waals surface area (Å²) in [5.74, 6) is -0.0514. The monoisotopic (exact) mass is 280 g/mol. The van der Waals surface area contributed by atoms with Crippen LogP contribution in [-0.2, 0) is 13.0 Å². The van der Waals surface area contributed by atoms with Gasteiger partial charge < -0.3 is 10.1 Å². The van der Waals surface area contributed by atoms with Crippen molar-refractivity contribution in [2.45, 2.75) is 26.8 Å². The van der Waals surface area contributed by atoms with Crippen molar-refractivity contribution in [1.29, 1.82) is 0 Å². The molecule has 2 rings (SSSR count). The topological polar surface area (TPSA) is 34.1 Å². The van der Waals surface area contributed by atoms with Crippen LogP contribution in [0, 0.1) is 5.82 Å². The number of aryl methyl sites for hydroxylation is 1. The Bertz CT molecular complexity index is 542. The molecule has 102 valence electrons. The fourth-order valence-electron chi connectivity index (χ4n) is 1.67. The minimum absolute atomic E-state index is 0.291. The summed E-state index contributed by atoms with van der Waals surface area (Å²) in [6.45, 7) is 5.04. The maximum atomic E-state index is 13.6. The fraction of sp³-hybridized carbons (Fsp3) is 0.357. The molecular formula is C14H17FN2OS. The minimum Gasteiger partial charge on any atom is -0.491 e. The summed E-state index contributed by atoms with van der Waals surface area (Å²) in [4.78, 5) is 5.43. The van der Waals surface area contributed by atoms with Crippen molar-refractivity contribution in [2.24, 2.45) is 0 Å². The van der Waals surface area contributed by atoms with E-state index in [-0.39, 0.29) is 5.82 Å². The smallest absolute Gasteiger partial charge is 0.167 e. The molecule has 2 aromatic rings. The van der Waals surface area contributed by atoms with Crippen LogP contribution in [0.3, 0.4) is 0 Å². The van der Waals surface area contributed by atoms with Gasteiger partial charge in [-0.1, -0.05) is 6.92 Å². The van der Waals surface area contributed by atoms with Gasteiger partial charge in [0.2, 0.25) is 0 Å². The number of ether oxygens (including phenoxy) is 1. The van der Waals surface area contributed by atoms with E-state index in [4.69, 9.17) is 4.74 Å². The van der Waals surface area contributed by atoms with E-state index in [0.29, 0.717) is 18.9 Å². The fourth-order valence-corrected chi connectivity index (χ4v) is 2.47. The summed E-state index contributed by atoms with van der Waals surface area (Å²) in [7, 11) is 0. The van der Waals surface area contributed by atoms with Crippen LogP contribution < -0.4 is 10.1 Å². The molecular weight excluding hydrogens is 263 g/mol. The van der Waals surface area contributed by atoms with Gasteiger partial charge in [-0.05, 0) is 25.5 Å². The quantitative estimate of drug-likeness (QED) is 0.872. The van der Waals surface area contributed by atoms with E-state index < -0.39 is 0 Å². The summed E-state index contributed by atoms with van der Waals surface area (Å²) in [5.41, 5.74) is 0.743. The van der Waals surface area contributed by atoms with Gasteiger partial charge in [-0.25, -0.2) is 9.37 Å². The van der Waals surface area contributed by atoms with Gasteiger partial charge in [0.05, 0.1) is 18.2 Å². The summed E-state index contributed by atoms with van der Waals surface area (Å²) in [6, 6.07) is 4.91. The van der Waals surface area contributed by atoms with Crippen molar-refractivity contribution in [3.8, 4) is 5.75 Å². The van der Waals surface area contributed by atoms with Gasteiger partial charge in [0.1, 0.15) is 0 Å². The number of hydrogen-bond acceptors (Lipinski definition) is 4. The molecule has 0 aliphatic carbocycles. The number of benzene rings is 1. The molecule has 0 unspecified atom stereocenters. The highest BCUT2D eigenvalue weighted by Crippen LogP contribution is 2.22. The minimum atomic E-state index is -0.342. The average Bonchev–Trinajstić information content (AvgIpc) is 2.87. The molecule has 1 heterocycles. The second-order valence-corrected chi connectivity index (χ2v) is 5.21. The lowest BCUT2D eigenvalue weighted by Crippen LogP contribution is -1.99. The lowest BCUT2D eigenvalue weighted by molar-refractivity contribution is 0.321. The van der Waals surface area contributed by atoms with Crippen LogP contribution >= 0.6 is 11.3 Å². The molecule has 0 spiro atoms. The van der Waals surface area contributed by atoms with Crippen molar-refractivity contribution in [2.75, 3.05) is 11.9 Å². The normalized spacial score (nSPS) is 10.5. The number of hydrogen-bond donors (Lipinski definition) is 1. The number of halogens is 1. The molecule has 0 saturated carbocycles. The van der Waals surface area contributed by atoms with E-state index in [1.165, 1.54) is 6.07 Å². The Kier molecular flexibility index (Phi) is 4.74. The van der Waals surface area contributed by atoms with Gasteiger partial charge in [-0.3, -0.25) is 0 Å². The Morgan fingerprint density at radius 1 is 1.37 bits per heavy atom. The third-order valence-corrected chi connectivity index (χ3v) is 3.74. The maximum absolute atomic E-state index is 13.6. The number of nitrogens with zero attached hydrogens (tertiary/aromatic N) is 1. The van der Waals surface area contributed by atoms with Crippen molar-refractivity contribution < 1.29 is 9.13 Å². The number of aromatic nitrogens is 1. The molecule has 0 aliphatic heterocycles. The zero-order chi connectivity index (χ0) is 13.7. The molecule has 1 N–H and O–H groups in total. The summed E-state index contributed by atoms with van der Waals surface area (Å²) < 4.78 is 18.8. The Labute approximate surface area is 116 Å². The van der Waals surface area contributed by atoms with E-state index in [1.807, 2.05) is 19.2 Å². The summed E-state index contributed by atoms with van der Waals surface area (Å²) >= 11 is 1.68. The van der Waals surface area contributed by atoms with Crippen LogP contribution in [0.4, 0.5) is 10.1 Å². The first-order chi connectivity index (χ1) is 9.22. The molecule has 5 heteroatoms. The Balaban J connectivity index is 1.97. The highest BCUT2D eigenvalue weighted by molar-refractivity contribution is 7.11. The highest BCUT2D eigenvalue weighted by atomic mass is 32.1. The van der Waals surface area contributed by atoms with Gasteiger partial charge in [0.25, 0.3) is 0 Å². The average molecular weight is 280 g/mol. The molecule has 0 amide bonds. The first-order valence-corrected chi connectivity index (χ1v) is 7.14. The van der Waals surface area contributed by atoms with Crippen molar-refractivity contribution in [3.63, 3.8) is 0 Å². The van der Waals surface area contributed by atoms with E-state index in [0.717, 1.165) is 22.0 Å². The van der Waals surface area contributed by atoms with Crippen molar-refractivity contribution >= 4 is 17.0 Å². The van der Waals surface area contributed by atoms with Gasteiger partial charge in [0.15, 0.2) is 11.6 Å². The second-order valence-electron chi connectivity index (χ2n) is 4.01. The van der Waals surface area contributed by atoms with Gasteiger partial charge in [-0.2, -0.15) is 0 Å². The molecule has 0 saturated heterocycles. The Morgan fingerprint density at radius 3 is 2.84 bits per heavy atom. The molecule has 0 bridgehead atoms. The lowest BCUT2D eigenvalue weighted by atomic mass is 10.3. The standard InChI is InChI=1S/C14H17FN2OS/c1-3-14-17-9-11(19-14)8-16-10-5-6-13(18-4-2)12(15)7-10/h5-7,9,16H,3-4,8H2,1-2H3. The molecule has 0 radical (unpaired) electrons. The third-order valence-electron chi connectivity index (χ3n) is 2.60. The molecule has 19 heavy (non-hydrogen) atoms. The number of anilines is 1. The van der Waals surface area contributed by atoms with Crippen LogP contribution in [0.2, 0.25) is 0 Å². The zero-order valence-corrected chi connectivity index (χ0v) is 11.9. The van der Waals surface area contributed by atoms with Crippen LogP contribution in [0.25, 0.3) is 0 Å². The predicted octanol–water partition coefficient (Wildman–Crippen LogP) is 3.86. The first-order valence-electron chi connectivity index (χ1n) is 6.32. The number of rotatable bonds is 6. The Morgan fingerprint density at radius 2 is 2.21 bits per heavy atom. The van der Waals surface area contributed by atoms with Crippen molar-refractivity contribution in [1.82, 2.24) is 4.98 Å². The van der Waals surface area contributed by atoms with E-state index >= 15 is 0 Å². The zero-order valence-electron chi connectivity index (χ0n) is 11.1. The molecule has 0 fully saturated rings. The summed E-state index contributed by atoms with van der Waals surface area (Å²) in [5, 5.41) is 4.30. The molecule has 1 aromatic heterocycles. The predicted molar refractivity (Wildman–Crippen MR) is 76.4 cm³/mol. The SMILES string of the molecule is CCOc1ccc(NCc2cnc(CC)s2)cc1F.